The van der Waals surface area contributed by atoms with Gasteiger partial charge in [-0.15, -0.1) is 0 Å². The predicted octanol–water partition coefficient (Wildman–Crippen LogP) is 1.03. The smallest absolute Gasteiger partial charge is 0.240 e. The zero-order valence-corrected chi connectivity index (χ0v) is 14.2. The molecule has 8 heteroatoms. The summed E-state index contributed by atoms with van der Waals surface area (Å²) in [5, 5.41) is 0. The summed E-state index contributed by atoms with van der Waals surface area (Å²) in [6, 6.07) is 5.49. The van der Waals surface area contributed by atoms with Crippen LogP contribution in [0.15, 0.2) is 34.1 Å². The lowest BCUT2D eigenvalue weighted by Gasteiger charge is -2.26. The van der Waals surface area contributed by atoms with Gasteiger partial charge in [0.15, 0.2) is 9.84 Å². The van der Waals surface area contributed by atoms with Gasteiger partial charge in [0.2, 0.25) is 10.0 Å². The lowest BCUT2D eigenvalue weighted by molar-refractivity contribution is 0.373. The van der Waals surface area contributed by atoms with E-state index in [1.807, 2.05) is 0 Å². The molecule has 0 saturated heterocycles. The average Bonchev–Trinajstić information content (AvgIpc) is 2.49. The van der Waals surface area contributed by atoms with Gasteiger partial charge in [-0.05, 0) is 43.9 Å². The second-order valence-electron chi connectivity index (χ2n) is 5.61. The molecule has 0 aliphatic heterocycles. The first-order valence-corrected chi connectivity index (χ1v) is 10.5. The molecule has 1 aromatic carbocycles. The maximum Gasteiger partial charge on any atom is 0.240 e. The average molecular weight is 346 g/mol. The summed E-state index contributed by atoms with van der Waals surface area (Å²) in [5.74, 6) is -0.0650. The SMILES string of the molecule is CCS(=O)(=O)c1cccc(S(=O)(=O)NC2CCC(N)CC2)c1. The van der Waals surface area contributed by atoms with E-state index < -0.39 is 19.9 Å². The molecule has 1 fully saturated rings. The minimum absolute atomic E-state index is 0.0168. The molecule has 124 valence electrons. The van der Waals surface area contributed by atoms with Crippen LogP contribution in [0.4, 0.5) is 0 Å². The van der Waals surface area contributed by atoms with Crippen molar-refractivity contribution in [2.45, 2.75) is 54.5 Å². The van der Waals surface area contributed by atoms with Crippen LogP contribution in [-0.2, 0) is 19.9 Å². The molecule has 3 N–H and O–H groups in total. The van der Waals surface area contributed by atoms with Gasteiger partial charge < -0.3 is 5.73 Å². The van der Waals surface area contributed by atoms with E-state index in [0.717, 1.165) is 12.8 Å². The Labute approximate surface area is 132 Å². The van der Waals surface area contributed by atoms with Crippen LogP contribution in [0, 0.1) is 0 Å². The molecular formula is C14H22N2O4S2. The van der Waals surface area contributed by atoms with Gasteiger partial charge in [-0.25, -0.2) is 21.6 Å². The molecule has 6 nitrogen and oxygen atoms in total. The summed E-state index contributed by atoms with van der Waals surface area (Å²) in [6.45, 7) is 1.53. The molecule has 1 saturated carbocycles. The lowest BCUT2D eigenvalue weighted by Crippen LogP contribution is -2.40. The summed E-state index contributed by atoms with van der Waals surface area (Å²) >= 11 is 0. The molecule has 0 spiro atoms. The molecule has 1 aliphatic rings. The van der Waals surface area contributed by atoms with Gasteiger partial charge in [0, 0.05) is 12.1 Å². The Balaban J connectivity index is 2.21. The van der Waals surface area contributed by atoms with Crippen molar-refractivity contribution >= 4 is 19.9 Å². The van der Waals surface area contributed by atoms with Crippen LogP contribution in [0.3, 0.4) is 0 Å². The van der Waals surface area contributed by atoms with Crippen LogP contribution in [0.2, 0.25) is 0 Å². The van der Waals surface area contributed by atoms with Crippen LogP contribution in [0.5, 0.6) is 0 Å². The molecule has 0 unspecified atom stereocenters. The highest BCUT2D eigenvalue weighted by Gasteiger charge is 2.25. The highest BCUT2D eigenvalue weighted by Crippen LogP contribution is 2.21. The Morgan fingerprint density at radius 1 is 1.09 bits per heavy atom. The minimum atomic E-state index is -3.72. The number of hydrogen-bond donors (Lipinski definition) is 2. The molecule has 1 aromatic rings. The highest BCUT2D eigenvalue weighted by molar-refractivity contribution is 7.91. The van der Waals surface area contributed by atoms with Crippen molar-refractivity contribution in [3.8, 4) is 0 Å². The minimum Gasteiger partial charge on any atom is -0.328 e. The van der Waals surface area contributed by atoms with E-state index in [1.165, 1.54) is 31.2 Å². The van der Waals surface area contributed by atoms with Gasteiger partial charge in [0.05, 0.1) is 15.5 Å². The number of sulfone groups is 1. The van der Waals surface area contributed by atoms with Gasteiger partial charge in [0.25, 0.3) is 0 Å². The first-order chi connectivity index (χ1) is 10.2. The van der Waals surface area contributed by atoms with Gasteiger partial charge in [0.1, 0.15) is 0 Å². The molecule has 0 heterocycles. The van der Waals surface area contributed by atoms with Crippen LogP contribution < -0.4 is 10.5 Å². The molecule has 22 heavy (non-hydrogen) atoms. The van der Waals surface area contributed by atoms with Crippen molar-refractivity contribution in [2.24, 2.45) is 5.73 Å². The largest absolute Gasteiger partial charge is 0.328 e. The molecule has 0 atom stereocenters. The Hall–Kier alpha value is -0.960. The van der Waals surface area contributed by atoms with E-state index in [-0.39, 0.29) is 27.6 Å². The van der Waals surface area contributed by atoms with Crippen molar-refractivity contribution in [3.05, 3.63) is 24.3 Å². The van der Waals surface area contributed by atoms with Gasteiger partial charge >= 0.3 is 0 Å². The van der Waals surface area contributed by atoms with Crippen molar-refractivity contribution in [1.82, 2.24) is 4.72 Å². The fourth-order valence-electron chi connectivity index (χ4n) is 2.53. The van der Waals surface area contributed by atoms with E-state index in [9.17, 15) is 16.8 Å². The summed E-state index contributed by atoms with van der Waals surface area (Å²) in [6.07, 6.45) is 2.98. The van der Waals surface area contributed by atoms with Gasteiger partial charge in [-0.2, -0.15) is 0 Å². The van der Waals surface area contributed by atoms with Crippen LogP contribution in [-0.4, -0.2) is 34.7 Å². The lowest BCUT2D eigenvalue weighted by atomic mass is 9.93. The van der Waals surface area contributed by atoms with E-state index in [0.29, 0.717) is 12.8 Å². The second-order valence-corrected chi connectivity index (χ2v) is 9.60. The Morgan fingerprint density at radius 3 is 2.27 bits per heavy atom. The maximum absolute atomic E-state index is 12.4. The van der Waals surface area contributed by atoms with Crippen molar-refractivity contribution < 1.29 is 16.8 Å². The topological polar surface area (TPSA) is 106 Å². The molecule has 0 bridgehead atoms. The third-order valence-electron chi connectivity index (χ3n) is 3.95. The Bertz CT molecular complexity index is 721. The molecule has 1 aliphatic carbocycles. The van der Waals surface area contributed by atoms with Crippen molar-refractivity contribution in [2.75, 3.05) is 5.75 Å². The molecule has 2 rings (SSSR count). The number of sulfonamides is 1. The number of rotatable bonds is 5. The monoisotopic (exact) mass is 346 g/mol. The number of nitrogens with two attached hydrogens (primary N) is 1. The van der Waals surface area contributed by atoms with Gasteiger partial charge in [-0.1, -0.05) is 13.0 Å². The fraction of sp³-hybridized carbons (Fsp3) is 0.571. The van der Waals surface area contributed by atoms with Crippen LogP contribution >= 0.6 is 0 Å². The molecule has 0 radical (unpaired) electrons. The van der Waals surface area contributed by atoms with E-state index in [1.54, 1.807) is 0 Å². The van der Waals surface area contributed by atoms with Gasteiger partial charge in [-0.3, -0.25) is 0 Å². The number of nitrogens with one attached hydrogen (secondary N) is 1. The number of hydrogen-bond acceptors (Lipinski definition) is 5. The first-order valence-electron chi connectivity index (χ1n) is 7.35. The third kappa shape index (κ3) is 4.07. The predicted molar refractivity (Wildman–Crippen MR) is 84.7 cm³/mol. The molecular weight excluding hydrogens is 324 g/mol. The van der Waals surface area contributed by atoms with Crippen LogP contribution in [0.25, 0.3) is 0 Å². The quantitative estimate of drug-likeness (QED) is 0.828. The third-order valence-corrected chi connectivity index (χ3v) is 7.20. The standard InChI is InChI=1S/C14H22N2O4S2/c1-2-21(17,18)13-4-3-5-14(10-13)22(19,20)16-12-8-6-11(15)7-9-12/h3-5,10-12,16H,2,6-9,15H2,1H3. The van der Waals surface area contributed by atoms with Crippen molar-refractivity contribution in [1.29, 1.82) is 0 Å². The fourth-order valence-corrected chi connectivity index (χ4v) is 4.88. The highest BCUT2D eigenvalue weighted by atomic mass is 32.2. The zero-order chi connectivity index (χ0) is 16.4. The molecule has 0 amide bonds. The summed E-state index contributed by atoms with van der Waals surface area (Å²) in [5.41, 5.74) is 5.81. The summed E-state index contributed by atoms with van der Waals surface area (Å²) < 4.78 is 51.2. The maximum atomic E-state index is 12.4. The first kappa shape index (κ1) is 17.4. The number of benzene rings is 1. The Kier molecular flexibility index (Phi) is 5.26. The second kappa shape index (κ2) is 6.66. The van der Waals surface area contributed by atoms with E-state index in [4.69, 9.17) is 5.73 Å². The molecule has 0 aromatic heterocycles. The zero-order valence-electron chi connectivity index (χ0n) is 12.5. The van der Waals surface area contributed by atoms with Crippen molar-refractivity contribution in [3.63, 3.8) is 0 Å². The normalized spacial score (nSPS) is 23.4. The summed E-state index contributed by atoms with van der Waals surface area (Å²) in [4.78, 5) is 0.0143. The Morgan fingerprint density at radius 2 is 1.68 bits per heavy atom. The van der Waals surface area contributed by atoms with Crippen LogP contribution in [0.1, 0.15) is 32.6 Å². The van der Waals surface area contributed by atoms with E-state index >= 15 is 0 Å². The van der Waals surface area contributed by atoms with E-state index in [2.05, 4.69) is 4.72 Å². The summed E-state index contributed by atoms with van der Waals surface area (Å²) in [7, 11) is -7.15.